The van der Waals surface area contributed by atoms with Gasteiger partial charge >= 0.3 is 0 Å². The van der Waals surface area contributed by atoms with Gasteiger partial charge in [0.15, 0.2) is 5.78 Å². The van der Waals surface area contributed by atoms with Crippen molar-refractivity contribution in [2.75, 3.05) is 6.54 Å². The standard InChI is InChI=1S/C18H19N3O2/c1-11-3-4-15-13(9-20-16(15)7-11)5-6-19-18(23)17-8-14(10-21-17)12(2)22/h3-4,7-10,20-21H,5-6H2,1-2H3,(H,19,23). The number of aryl methyl sites for hydroxylation is 1. The smallest absolute Gasteiger partial charge is 0.267 e. The molecule has 0 unspecified atom stereocenters. The number of amides is 1. The van der Waals surface area contributed by atoms with Gasteiger partial charge in [0.25, 0.3) is 5.91 Å². The summed E-state index contributed by atoms with van der Waals surface area (Å²) in [4.78, 5) is 29.4. The highest BCUT2D eigenvalue weighted by molar-refractivity contribution is 5.99. The van der Waals surface area contributed by atoms with Crippen LogP contribution in [0.3, 0.4) is 0 Å². The molecule has 5 nitrogen and oxygen atoms in total. The first-order valence-corrected chi connectivity index (χ1v) is 7.59. The number of carbonyl (C=O) groups excluding carboxylic acids is 2. The third-order valence-electron chi connectivity index (χ3n) is 3.94. The van der Waals surface area contributed by atoms with Crippen molar-refractivity contribution in [3.05, 3.63) is 59.0 Å². The number of rotatable bonds is 5. The van der Waals surface area contributed by atoms with Crippen LogP contribution in [0, 0.1) is 6.92 Å². The second-order valence-corrected chi connectivity index (χ2v) is 5.73. The molecule has 0 bridgehead atoms. The number of fused-ring (bicyclic) bond motifs is 1. The molecular weight excluding hydrogens is 290 g/mol. The molecule has 3 N–H and O–H groups in total. The number of ketones is 1. The van der Waals surface area contributed by atoms with E-state index in [0.717, 1.165) is 11.9 Å². The van der Waals surface area contributed by atoms with Crippen molar-refractivity contribution in [3.8, 4) is 0 Å². The lowest BCUT2D eigenvalue weighted by atomic mass is 10.1. The van der Waals surface area contributed by atoms with E-state index in [2.05, 4.69) is 40.4 Å². The molecule has 3 aromatic rings. The molecule has 0 saturated heterocycles. The lowest BCUT2D eigenvalue weighted by Gasteiger charge is -2.03. The maximum atomic E-state index is 12.1. The van der Waals surface area contributed by atoms with Gasteiger partial charge in [0, 0.05) is 35.4 Å². The Bertz CT molecular complexity index is 873. The molecule has 0 fully saturated rings. The molecule has 23 heavy (non-hydrogen) atoms. The summed E-state index contributed by atoms with van der Waals surface area (Å²) in [5.41, 5.74) is 4.43. The van der Waals surface area contributed by atoms with Crippen LogP contribution in [-0.2, 0) is 6.42 Å². The molecular formula is C18H19N3O2. The summed E-state index contributed by atoms with van der Waals surface area (Å²) in [5, 5.41) is 4.05. The Morgan fingerprint density at radius 2 is 1.96 bits per heavy atom. The molecule has 0 aliphatic heterocycles. The summed E-state index contributed by atoms with van der Waals surface area (Å²) in [6.07, 6.45) is 4.28. The Hall–Kier alpha value is -2.82. The lowest BCUT2D eigenvalue weighted by molar-refractivity contribution is 0.0949. The SMILES string of the molecule is CC(=O)c1c[nH]c(C(=O)NCCc2c[nH]c3cc(C)ccc23)c1. The third kappa shape index (κ3) is 3.18. The van der Waals surface area contributed by atoms with Crippen LogP contribution >= 0.6 is 0 Å². The zero-order valence-corrected chi connectivity index (χ0v) is 13.2. The van der Waals surface area contributed by atoms with Crippen LogP contribution in [-0.4, -0.2) is 28.2 Å². The van der Waals surface area contributed by atoms with Gasteiger partial charge in [-0.1, -0.05) is 12.1 Å². The summed E-state index contributed by atoms with van der Waals surface area (Å²) in [5.74, 6) is -0.262. The molecule has 0 aliphatic rings. The van der Waals surface area contributed by atoms with Gasteiger partial charge in [0.2, 0.25) is 0 Å². The highest BCUT2D eigenvalue weighted by Gasteiger charge is 2.10. The van der Waals surface area contributed by atoms with Crippen LogP contribution in [0.15, 0.2) is 36.7 Å². The summed E-state index contributed by atoms with van der Waals surface area (Å²) >= 11 is 0. The minimum Gasteiger partial charge on any atom is -0.361 e. The Morgan fingerprint density at radius 1 is 1.13 bits per heavy atom. The van der Waals surface area contributed by atoms with E-state index in [1.807, 2.05) is 6.20 Å². The molecule has 0 aliphatic carbocycles. The van der Waals surface area contributed by atoms with Crippen LogP contribution in [0.25, 0.3) is 10.9 Å². The van der Waals surface area contributed by atoms with E-state index >= 15 is 0 Å². The van der Waals surface area contributed by atoms with Gasteiger partial charge in [-0.2, -0.15) is 0 Å². The van der Waals surface area contributed by atoms with Crippen molar-refractivity contribution in [1.82, 2.24) is 15.3 Å². The van der Waals surface area contributed by atoms with Crippen molar-refractivity contribution in [2.24, 2.45) is 0 Å². The van der Waals surface area contributed by atoms with Gasteiger partial charge in [-0.3, -0.25) is 9.59 Å². The second-order valence-electron chi connectivity index (χ2n) is 5.73. The zero-order chi connectivity index (χ0) is 16.4. The molecule has 2 heterocycles. The molecule has 5 heteroatoms. The number of aromatic amines is 2. The zero-order valence-electron chi connectivity index (χ0n) is 13.2. The molecule has 1 aromatic carbocycles. The van der Waals surface area contributed by atoms with Gasteiger partial charge < -0.3 is 15.3 Å². The summed E-state index contributed by atoms with van der Waals surface area (Å²) in [7, 11) is 0. The average Bonchev–Trinajstić information content (AvgIpc) is 3.14. The van der Waals surface area contributed by atoms with Gasteiger partial charge in [-0.15, -0.1) is 0 Å². The van der Waals surface area contributed by atoms with E-state index in [1.54, 1.807) is 12.3 Å². The first kappa shape index (κ1) is 15.1. The minimum absolute atomic E-state index is 0.0608. The number of aromatic nitrogens is 2. The number of benzene rings is 1. The van der Waals surface area contributed by atoms with Gasteiger partial charge in [0.05, 0.1) is 0 Å². The summed E-state index contributed by atoms with van der Waals surface area (Å²) in [6.45, 7) is 4.07. The van der Waals surface area contributed by atoms with E-state index in [1.165, 1.54) is 23.4 Å². The van der Waals surface area contributed by atoms with Crippen molar-refractivity contribution in [1.29, 1.82) is 0 Å². The van der Waals surface area contributed by atoms with Gasteiger partial charge in [-0.25, -0.2) is 0 Å². The van der Waals surface area contributed by atoms with Crippen LogP contribution < -0.4 is 5.32 Å². The Kier molecular flexibility index (Phi) is 4.02. The van der Waals surface area contributed by atoms with E-state index in [0.29, 0.717) is 17.8 Å². The quantitative estimate of drug-likeness (QED) is 0.634. The van der Waals surface area contributed by atoms with Crippen LogP contribution in [0.4, 0.5) is 0 Å². The van der Waals surface area contributed by atoms with Crippen LogP contribution in [0.1, 0.15) is 38.9 Å². The fourth-order valence-electron chi connectivity index (χ4n) is 2.64. The van der Waals surface area contributed by atoms with Crippen molar-refractivity contribution in [2.45, 2.75) is 20.3 Å². The maximum absolute atomic E-state index is 12.1. The molecule has 0 saturated carbocycles. The molecule has 118 valence electrons. The van der Waals surface area contributed by atoms with Crippen LogP contribution in [0.2, 0.25) is 0 Å². The van der Waals surface area contributed by atoms with E-state index in [4.69, 9.17) is 0 Å². The molecule has 0 spiro atoms. The van der Waals surface area contributed by atoms with Gasteiger partial charge in [0.1, 0.15) is 5.69 Å². The second kappa shape index (κ2) is 6.12. The lowest BCUT2D eigenvalue weighted by Crippen LogP contribution is -2.25. The Morgan fingerprint density at radius 3 is 2.70 bits per heavy atom. The van der Waals surface area contributed by atoms with E-state index in [-0.39, 0.29) is 11.7 Å². The highest BCUT2D eigenvalue weighted by atomic mass is 16.2. The van der Waals surface area contributed by atoms with E-state index < -0.39 is 0 Å². The number of hydrogen-bond donors (Lipinski definition) is 3. The first-order valence-electron chi connectivity index (χ1n) is 7.59. The monoisotopic (exact) mass is 309 g/mol. The first-order chi connectivity index (χ1) is 11.0. The van der Waals surface area contributed by atoms with Crippen LogP contribution in [0.5, 0.6) is 0 Å². The fourth-order valence-corrected chi connectivity index (χ4v) is 2.64. The predicted octanol–water partition coefficient (Wildman–Crippen LogP) is 2.98. The number of Topliss-reactive ketones (excluding diaryl/α,β-unsaturated/α-hetero) is 1. The number of H-pyrrole nitrogens is 2. The fraction of sp³-hybridized carbons (Fsp3) is 0.222. The number of carbonyl (C=O) groups is 2. The number of hydrogen-bond acceptors (Lipinski definition) is 2. The normalized spacial score (nSPS) is 10.9. The molecule has 0 radical (unpaired) electrons. The topological polar surface area (TPSA) is 77.8 Å². The highest BCUT2D eigenvalue weighted by Crippen LogP contribution is 2.19. The van der Waals surface area contributed by atoms with Gasteiger partial charge in [-0.05, 0) is 43.5 Å². The summed E-state index contributed by atoms with van der Waals surface area (Å²) < 4.78 is 0. The Labute approximate surface area is 134 Å². The molecule has 0 atom stereocenters. The third-order valence-corrected chi connectivity index (χ3v) is 3.94. The van der Waals surface area contributed by atoms with Crippen molar-refractivity contribution < 1.29 is 9.59 Å². The molecule has 1 amide bonds. The summed E-state index contributed by atoms with van der Waals surface area (Å²) in [6, 6.07) is 7.87. The van der Waals surface area contributed by atoms with Crippen molar-refractivity contribution >= 4 is 22.6 Å². The predicted molar refractivity (Wildman–Crippen MR) is 89.9 cm³/mol. The van der Waals surface area contributed by atoms with E-state index in [9.17, 15) is 9.59 Å². The Balaban J connectivity index is 1.61. The average molecular weight is 309 g/mol. The maximum Gasteiger partial charge on any atom is 0.267 e. The molecule has 2 aromatic heterocycles. The minimum atomic E-state index is -0.201. The largest absolute Gasteiger partial charge is 0.361 e. The molecule has 3 rings (SSSR count). The number of nitrogens with one attached hydrogen (secondary N) is 3. The van der Waals surface area contributed by atoms with Crippen molar-refractivity contribution in [3.63, 3.8) is 0 Å².